The largest absolute Gasteiger partial charge is 0.353 e. The van der Waals surface area contributed by atoms with Crippen LogP contribution in [0.2, 0.25) is 5.02 Å². The van der Waals surface area contributed by atoms with E-state index < -0.39 is 0 Å². The van der Waals surface area contributed by atoms with E-state index in [2.05, 4.69) is 11.4 Å². The number of hydrogen-bond donors (Lipinski definition) is 1. The van der Waals surface area contributed by atoms with Crippen LogP contribution in [0.1, 0.15) is 55.6 Å². The van der Waals surface area contributed by atoms with Gasteiger partial charge in [-0.1, -0.05) is 30.5 Å². The minimum absolute atomic E-state index is 0.213. The lowest BCUT2D eigenvalue weighted by Crippen LogP contribution is -2.33. The van der Waals surface area contributed by atoms with Crippen molar-refractivity contribution in [1.29, 1.82) is 0 Å². The Bertz CT molecular complexity index is 480. The fraction of sp³-hybridized carbons (Fsp3) is 0.562. The van der Waals surface area contributed by atoms with Crippen molar-refractivity contribution in [1.82, 2.24) is 5.32 Å². The van der Waals surface area contributed by atoms with E-state index in [9.17, 15) is 4.79 Å². The second kappa shape index (κ2) is 5.54. The van der Waals surface area contributed by atoms with Crippen molar-refractivity contribution in [2.24, 2.45) is 0 Å². The maximum absolute atomic E-state index is 12.1. The van der Waals surface area contributed by atoms with Crippen molar-refractivity contribution < 1.29 is 4.79 Å². The first-order chi connectivity index (χ1) is 9.22. The average Bonchev–Trinajstić information content (AvgIpc) is 3.00. The minimum atomic E-state index is 0.213. The van der Waals surface area contributed by atoms with Gasteiger partial charge in [0.25, 0.3) is 0 Å². The van der Waals surface area contributed by atoms with Crippen molar-refractivity contribution in [3.8, 4) is 0 Å². The molecule has 1 unspecified atom stereocenters. The average molecular weight is 278 g/mol. The van der Waals surface area contributed by atoms with Crippen LogP contribution in [0.3, 0.4) is 0 Å². The molecule has 1 atom stereocenters. The van der Waals surface area contributed by atoms with Crippen LogP contribution in [-0.4, -0.2) is 11.9 Å². The molecular weight excluding hydrogens is 258 g/mol. The van der Waals surface area contributed by atoms with Crippen LogP contribution in [0, 0.1) is 0 Å². The SMILES string of the molecule is O=C(CC1CCc2ccc(Cl)cc21)NC1CCCC1. The molecule has 0 radical (unpaired) electrons. The Hall–Kier alpha value is -1.02. The predicted octanol–water partition coefficient (Wildman–Crippen LogP) is 3.82. The number of aryl methyl sites for hydroxylation is 1. The zero-order chi connectivity index (χ0) is 13.2. The first kappa shape index (κ1) is 13.0. The molecule has 1 amide bonds. The smallest absolute Gasteiger partial charge is 0.220 e. The fourth-order valence-corrected chi connectivity index (χ4v) is 3.63. The molecule has 1 aromatic rings. The van der Waals surface area contributed by atoms with Gasteiger partial charge in [-0.3, -0.25) is 4.79 Å². The molecule has 0 aromatic heterocycles. The number of rotatable bonds is 3. The second-order valence-electron chi connectivity index (χ2n) is 5.83. The second-order valence-corrected chi connectivity index (χ2v) is 6.27. The van der Waals surface area contributed by atoms with Gasteiger partial charge in [-0.2, -0.15) is 0 Å². The Morgan fingerprint density at radius 2 is 2.05 bits per heavy atom. The fourth-order valence-electron chi connectivity index (χ4n) is 3.45. The Kier molecular flexibility index (Phi) is 3.79. The van der Waals surface area contributed by atoms with Crippen LogP contribution < -0.4 is 5.32 Å². The molecule has 0 aliphatic heterocycles. The van der Waals surface area contributed by atoms with Gasteiger partial charge in [-0.25, -0.2) is 0 Å². The lowest BCUT2D eigenvalue weighted by molar-refractivity contribution is -0.122. The van der Waals surface area contributed by atoms with Crippen LogP contribution in [0.15, 0.2) is 18.2 Å². The van der Waals surface area contributed by atoms with Gasteiger partial charge in [0.2, 0.25) is 5.91 Å². The van der Waals surface area contributed by atoms with Crippen LogP contribution in [-0.2, 0) is 11.2 Å². The molecule has 0 bridgehead atoms. The highest BCUT2D eigenvalue weighted by Gasteiger charge is 2.26. The van der Waals surface area contributed by atoms with Crippen molar-refractivity contribution in [2.45, 2.75) is 56.9 Å². The van der Waals surface area contributed by atoms with E-state index in [1.54, 1.807) is 0 Å². The molecule has 2 nitrogen and oxygen atoms in total. The van der Waals surface area contributed by atoms with Gasteiger partial charge in [0, 0.05) is 17.5 Å². The molecule has 1 saturated carbocycles. The molecule has 102 valence electrons. The number of amides is 1. The summed E-state index contributed by atoms with van der Waals surface area (Å²) in [6.45, 7) is 0. The zero-order valence-electron chi connectivity index (χ0n) is 11.1. The van der Waals surface area contributed by atoms with Crippen LogP contribution in [0.25, 0.3) is 0 Å². The lowest BCUT2D eigenvalue weighted by atomic mass is 9.97. The number of nitrogens with one attached hydrogen (secondary N) is 1. The van der Waals surface area contributed by atoms with E-state index in [1.165, 1.54) is 24.0 Å². The summed E-state index contributed by atoms with van der Waals surface area (Å²) in [5, 5.41) is 3.96. The highest BCUT2D eigenvalue weighted by atomic mass is 35.5. The van der Waals surface area contributed by atoms with Gasteiger partial charge < -0.3 is 5.32 Å². The first-order valence-electron chi connectivity index (χ1n) is 7.30. The number of carbonyl (C=O) groups is 1. The Morgan fingerprint density at radius 1 is 1.26 bits per heavy atom. The van der Waals surface area contributed by atoms with Crippen molar-refractivity contribution in [2.75, 3.05) is 0 Å². The van der Waals surface area contributed by atoms with Gasteiger partial charge >= 0.3 is 0 Å². The standard InChI is InChI=1S/C16H20ClNO/c17-13-8-7-11-5-6-12(15(11)10-13)9-16(19)18-14-3-1-2-4-14/h7-8,10,12,14H,1-6,9H2,(H,18,19). The number of carbonyl (C=O) groups excluding carboxylic acids is 1. The van der Waals surface area contributed by atoms with Gasteiger partial charge in [0.05, 0.1) is 0 Å². The monoisotopic (exact) mass is 277 g/mol. The lowest BCUT2D eigenvalue weighted by Gasteiger charge is -2.15. The maximum atomic E-state index is 12.1. The number of benzene rings is 1. The van der Waals surface area contributed by atoms with Crippen molar-refractivity contribution in [3.63, 3.8) is 0 Å². The minimum Gasteiger partial charge on any atom is -0.353 e. The molecule has 2 aliphatic rings. The predicted molar refractivity (Wildman–Crippen MR) is 77.5 cm³/mol. The molecule has 1 N–H and O–H groups in total. The topological polar surface area (TPSA) is 29.1 Å². The summed E-state index contributed by atoms with van der Waals surface area (Å²) >= 11 is 6.06. The normalized spacial score (nSPS) is 22.5. The van der Waals surface area contributed by atoms with Crippen LogP contribution >= 0.6 is 11.6 Å². The van der Waals surface area contributed by atoms with Crippen LogP contribution in [0.5, 0.6) is 0 Å². The van der Waals surface area contributed by atoms with Gasteiger partial charge in [0.1, 0.15) is 0 Å². The van der Waals surface area contributed by atoms with E-state index in [0.29, 0.717) is 18.4 Å². The molecule has 0 saturated heterocycles. The van der Waals surface area contributed by atoms with Gasteiger partial charge in [-0.05, 0) is 54.9 Å². The number of halogens is 1. The molecule has 19 heavy (non-hydrogen) atoms. The third kappa shape index (κ3) is 2.94. The van der Waals surface area contributed by atoms with E-state index >= 15 is 0 Å². The summed E-state index contributed by atoms with van der Waals surface area (Å²) in [4.78, 5) is 12.1. The third-order valence-corrected chi connectivity index (χ3v) is 4.70. The Labute approximate surface area is 119 Å². The molecule has 1 fully saturated rings. The molecule has 3 heteroatoms. The quantitative estimate of drug-likeness (QED) is 0.894. The molecule has 3 rings (SSSR count). The van der Waals surface area contributed by atoms with E-state index in [4.69, 9.17) is 11.6 Å². The van der Waals surface area contributed by atoms with Gasteiger partial charge in [0.15, 0.2) is 0 Å². The molecular formula is C16H20ClNO. The number of hydrogen-bond acceptors (Lipinski definition) is 1. The first-order valence-corrected chi connectivity index (χ1v) is 7.68. The summed E-state index contributed by atoms with van der Waals surface area (Å²) in [6.07, 6.45) is 7.59. The summed E-state index contributed by atoms with van der Waals surface area (Å²) in [6, 6.07) is 6.51. The van der Waals surface area contributed by atoms with E-state index in [1.807, 2.05) is 12.1 Å². The molecule has 0 spiro atoms. The maximum Gasteiger partial charge on any atom is 0.220 e. The Morgan fingerprint density at radius 3 is 2.84 bits per heavy atom. The molecule has 2 aliphatic carbocycles. The van der Waals surface area contributed by atoms with Crippen molar-refractivity contribution >= 4 is 17.5 Å². The summed E-state index contributed by atoms with van der Waals surface area (Å²) in [5.74, 6) is 0.569. The number of fused-ring (bicyclic) bond motifs is 1. The highest BCUT2D eigenvalue weighted by Crippen LogP contribution is 2.37. The van der Waals surface area contributed by atoms with Gasteiger partial charge in [-0.15, -0.1) is 0 Å². The van der Waals surface area contributed by atoms with E-state index in [0.717, 1.165) is 30.7 Å². The Balaban J connectivity index is 1.62. The highest BCUT2D eigenvalue weighted by molar-refractivity contribution is 6.30. The summed E-state index contributed by atoms with van der Waals surface area (Å²) < 4.78 is 0. The summed E-state index contributed by atoms with van der Waals surface area (Å²) in [5.41, 5.74) is 2.65. The van der Waals surface area contributed by atoms with Crippen LogP contribution in [0.4, 0.5) is 0 Å². The zero-order valence-corrected chi connectivity index (χ0v) is 11.9. The van der Waals surface area contributed by atoms with E-state index in [-0.39, 0.29) is 5.91 Å². The van der Waals surface area contributed by atoms with Crippen molar-refractivity contribution in [3.05, 3.63) is 34.3 Å². The molecule has 0 heterocycles. The molecule has 1 aromatic carbocycles. The third-order valence-electron chi connectivity index (χ3n) is 4.46. The summed E-state index contributed by atoms with van der Waals surface area (Å²) in [7, 11) is 0.